The van der Waals surface area contributed by atoms with E-state index in [9.17, 15) is 14.0 Å². The van der Waals surface area contributed by atoms with Crippen molar-refractivity contribution >= 4 is 23.4 Å². The number of benzene rings is 2. The van der Waals surface area contributed by atoms with Crippen LogP contribution >= 0.6 is 11.6 Å². The van der Waals surface area contributed by atoms with Gasteiger partial charge in [-0.05, 0) is 35.9 Å². The summed E-state index contributed by atoms with van der Waals surface area (Å²) in [5.41, 5.74) is 1.44. The zero-order valence-electron chi connectivity index (χ0n) is 13.3. The Balaban J connectivity index is 1.94. The van der Waals surface area contributed by atoms with E-state index in [2.05, 4.69) is 10.4 Å². The molecule has 1 heterocycles. The highest BCUT2D eigenvalue weighted by atomic mass is 35.5. The van der Waals surface area contributed by atoms with Gasteiger partial charge in [-0.2, -0.15) is 5.10 Å². The van der Waals surface area contributed by atoms with E-state index in [1.807, 2.05) is 0 Å². The molecule has 0 fully saturated rings. The highest BCUT2D eigenvalue weighted by Crippen LogP contribution is 2.17. The minimum atomic E-state index is -1.18. The predicted molar refractivity (Wildman–Crippen MR) is 95.7 cm³/mol. The van der Waals surface area contributed by atoms with Gasteiger partial charge in [-0.3, -0.25) is 10.1 Å². The molecule has 0 saturated heterocycles. The number of nitrogens with zero attached hydrogens (tertiary/aromatic N) is 2. The van der Waals surface area contributed by atoms with Crippen LogP contribution in [0.1, 0.15) is 11.3 Å². The molecule has 1 aromatic heterocycles. The number of aromatic nitrogens is 2. The first-order chi connectivity index (χ1) is 12.4. The Kier molecular flexibility index (Phi) is 4.99. The molecule has 0 spiro atoms. The zero-order chi connectivity index (χ0) is 18.7. The molecule has 0 unspecified atom stereocenters. The van der Waals surface area contributed by atoms with E-state index >= 15 is 0 Å². The molecule has 6 nitrogen and oxygen atoms in total. The minimum Gasteiger partial charge on any atom is -0.465 e. The maximum atomic E-state index is 13.5. The third-order valence-electron chi connectivity index (χ3n) is 3.54. The summed E-state index contributed by atoms with van der Waals surface area (Å²) < 4.78 is 14.9. The van der Waals surface area contributed by atoms with Crippen LogP contribution in [-0.4, -0.2) is 21.0 Å². The molecule has 0 atom stereocenters. The summed E-state index contributed by atoms with van der Waals surface area (Å²) in [6.45, 7) is 0. The van der Waals surface area contributed by atoms with Crippen molar-refractivity contribution in [3.63, 3.8) is 0 Å². The molecule has 26 heavy (non-hydrogen) atoms. The number of hydrogen-bond acceptors (Lipinski definition) is 3. The number of carboxylic acid groups (broad SMARTS) is 1. The number of anilines is 1. The Morgan fingerprint density at radius 3 is 2.77 bits per heavy atom. The first kappa shape index (κ1) is 17.6. The smallest absolute Gasteiger partial charge is 0.409 e. The van der Waals surface area contributed by atoms with E-state index in [4.69, 9.17) is 16.7 Å². The Morgan fingerprint density at radius 1 is 1.23 bits per heavy atom. The number of carbonyl (C=O) groups is 1. The van der Waals surface area contributed by atoms with Crippen molar-refractivity contribution in [3.8, 4) is 5.69 Å². The molecule has 2 aromatic carbocycles. The van der Waals surface area contributed by atoms with Crippen molar-refractivity contribution in [2.75, 3.05) is 5.32 Å². The van der Waals surface area contributed by atoms with Crippen molar-refractivity contribution in [2.45, 2.75) is 6.42 Å². The molecule has 0 aliphatic rings. The monoisotopic (exact) mass is 373 g/mol. The summed E-state index contributed by atoms with van der Waals surface area (Å²) in [7, 11) is 0. The van der Waals surface area contributed by atoms with E-state index < -0.39 is 11.9 Å². The molecule has 3 rings (SSSR count). The van der Waals surface area contributed by atoms with Gasteiger partial charge in [-0.25, -0.2) is 13.9 Å². The van der Waals surface area contributed by atoms with Gasteiger partial charge in [-0.1, -0.05) is 23.7 Å². The summed E-state index contributed by atoms with van der Waals surface area (Å²) in [6, 6.07) is 11.9. The average molecular weight is 374 g/mol. The van der Waals surface area contributed by atoms with E-state index in [-0.39, 0.29) is 22.6 Å². The maximum absolute atomic E-state index is 13.5. The number of hydrogen-bond donors (Lipinski definition) is 2. The van der Waals surface area contributed by atoms with Gasteiger partial charge in [0.15, 0.2) is 0 Å². The van der Waals surface area contributed by atoms with Gasteiger partial charge in [0.2, 0.25) is 5.43 Å². The summed E-state index contributed by atoms with van der Waals surface area (Å²) in [6.07, 6.45) is 0.447. The molecule has 0 aliphatic carbocycles. The third kappa shape index (κ3) is 4.25. The summed E-state index contributed by atoms with van der Waals surface area (Å²) in [5.74, 6) is -0.512. The zero-order valence-corrected chi connectivity index (χ0v) is 14.1. The molecule has 0 saturated carbocycles. The first-order valence-corrected chi connectivity index (χ1v) is 7.93. The summed E-state index contributed by atoms with van der Waals surface area (Å²) in [4.78, 5) is 22.8. The number of amides is 1. The van der Waals surface area contributed by atoms with Crippen LogP contribution in [0.3, 0.4) is 0 Å². The third-order valence-corrected chi connectivity index (χ3v) is 3.76. The number of nitrogens with one attached hydrogen (secondary N) is 1. The number of halogens is 2. The van der Waals surface area contributed by atoms with Gasteiger partial charge in [0, 0.05) is 29.4 Å². The molecule has 0 radical (unpaired) electrons. The van der Waals surface area contributed by atoms with Crippen LogP contribution in [0.15, 0.2) is 59.5 Å². The van der Waals surface area contributed by atoms with Gasteiger partial charge >= 0.3 is 6.09 Å². The normalized spacial score (nSPS) is 10.5. The van der Waals surface area contributed by atoms with E-state index in [1.54, 1.807) is 24.3 Å². The van der Waals surface area contributed by atoms with E-state index in [0.29, 0.717) is 16.9 Å². The molecule has 3 aromatic rings. The predicted octanol–water partition coefficient (Wildman–Crippen LogP) is 3.71. The second kappa shape index (κ2) is 7.37. The lowest BCUT2D eigenvalue weighted by molar-refractivity contribution is 0.210. The Morgan fingerprint density at radius 2 is 2.04 bits per heavy atom. The van der Waals surface area contributed by atoms with Gasteiger partial charge in [0.1, 0.15) is 11.5 Å². The van der Waals surface area contributed by atoms with Crippen LogP contribution in [0.4, 0.5) is 14.9 Å². The van der Waals surface area contributed by atoms with E-state index in [1.165, 1.54) is 35.1 Å². The lowest BCUT2D eigenvalue weighted by Gasteiger charge is -2.09. The van der Waals surface area contributed by atoms with E-state index in [0.717, 1.165) is 0 Å². The topological polar surface area (TPSA) is 84.2 Å². The van der Waals surface area contributed by atoms with Gasteiger partial charge in [0.25, 0.3) is 0 Å². The van der Waals surface area contributed by atoms with Crippen molar-refractivity contribution in [1.82, 2.24) is 9.78 Å². The molecule has 132 valence electrons. The van der Waals surface area contributed by atoms with Gasteiger partial charge in [0.05, 0.1) is 5.69 Å². The van der Waals surface area contributed by atoms with Crippen LogP contribution in [0.5, 0.6) is 0 Å². The molecule has 0 bridgehead atoms. The maximum Gasteiger partial charge on any atom is 0.409 e. The molecular formula is C18H13ClFN3O3. The molecule has 0 aliphatic heterocycles. The van der Waals surface area contributed by atoms with Crippen molar-refractivity contribution in [3.05, 3.63) is 87.0 Å². The highest BCUT2D eigenvalue weighted by molar-refractivity contribution is 6.30. The van der Waals surface area contributed by atoms with Crippen molar-refractivity contribution in [1.29, 1.82) is 0 Å². The second-order valence-corrected chi connectivity index (χ2v) is 5.94. The SMILES string of the molecule is O=C(O)Nc1cccc(Cc2nn(-c3cc(F)cc(Cl)c3)ccc2=O)c1. The summed E-state index contributed by atoms with van der Waals surface area (Å²) in [5, 5.41) is 15.5. The lowest BCUT2D eigenvalue weighted by Crippen LogP contribution is -2.16. The van der Waals surface area contributed by atoms with Crippen LogP contribution < -0.4 is 10.7 Å². The van der Waals surface area contributed by atoms with Crippen LogP contribution in [0, 0.1) is 5.82 Å². The van der Waals surface area contributed by atoms with Crippen molar-refractivity contribution < 1.29 is 14.3 Å². The molecule has 8 heteroatoms. The summed E-state index contributed by atoms with van der Waals surface area (Å²) >= 11 is 5.86. The number of rotatable bonds is 4. The fourth-order valence-corrected chi connectivity index (χ4v) is 2.68. The van der Waals surface area contributed by atoms with Gasteiger partial charge in [-0.15, -0.1) is 0 Å². The van der Waals surface area contributed by atoms with Crippen LogP contribution in [0.25, 0.3) is 5.69 Å². The Hall–Kier alpha value is -3.19. The molecular weight excluding hydrogens is 361 g/mol. The van der Waals surface area contributed by atoms with Crippen molar-refractivity contribution in [2.24, 2.45) is 0 Å². The Labute approximate surface area is 152 Å². The second-order valence-electron chi connectivity index (χ2n) is 5.51. The fraction of sp³-hybridized carbons (Fsp3) is 0.0556. The quantitative estimate of drug-likeness (QED) is 0.730. The largest absolute Gasteiger partial charge is 0.465 e. The first-order valence-electron chi connectivity index (χ1n) is 7.55. The highest BCUT2D eigenvalue weighted by Gasteiger charge is 2.08. The Bertz CT molecular complexity index is 1020. The van der Waals surface area contributed by atoms with Crippen LogP contribution in [0.2, 0.25) is 5.02 Å². The lowest BCUT2D eigenvalue weighted by atomic mass is 10.1. The van der Waals surface area contributed by atoms with Gasteiger partial charge < -0.3 is 5.11 Å². The molecule has 1 amide bonds. The minimum absolute atomic E-state index is 0.192. The van der Waals surface area contributed by atoms with Crippen LogP contribution in [-0.2, 0) is 6.42 Å². The molecule has 2 N–H and O–H groups in total. The fourth-order valence-electron chi connectivity index (χ4n) is 2.46. The average Bonchev–Trinajstić information content (AvgIpc) is 2.55. The standard InChI is InChI=1S/C18H13ClFN3O3/c19-12-8-13(20)10-15(9-12)23-5-4-17(24)16(22-23)7-11-2-1-3-14(6-11)21-18(25)26/h1-6,8-10,21H,7H2,(H,25,26).